The van der Waals surface area contributed by atoms with Gasteiger partial charge in [-0.2, -0.15) is 0 Å². The summed E-state index contributed by atoms with van der Waals surface area (Å²) in [6.07, 6.45) is 1.95. The normalized spacial score (nSPS) is 11.7. The van der Waals surface area contributed by atoms with Crippen molar-refractivity contribution in [1.82, 2.24) is 0 Å². The van der Waals surface area contributed by atoms with Crippen LogP contribution in [0.25, 0.3) is 116 Å². The van der Waals surface area contributed by atoms with Crippen LogP contribution in [0.15, 0.2) is 199 Å². The lowest BCUT2D eigenvalue weighted by molar-refractivity contribution is 0.669. The molecule has 1 heteroatoms. The first-order valence-electron chi connectivity index (χ1n) is 18.9. The Hall–Kier alpha value is -7.22. The number of hydrogen-bond acceptors (Lipinski definition) is 1. The van der Waals surface area contributed by atoms with E-state index in [1.807, 2.05) is 6.08 Å². The van der Waals surface area contributed by atoms with Gasteiger partial charge in [-0.25, -0.2) is 0 Å². The lowest BCUT2D eigenvalue weighted by atomic mass is 9.87. The van der Waals surface area contributed by atoms with Gasteiger partial charge in [0.2, 0.25) is 0 Å². The van der Waals surface area contributed by atoms with Crippen LogP contribution in [0.3, 0.4) is 0 Å². The van der Waals surface area contributed by atoms with E-state index in [0.29, 0.717) is 0 Å². The van der Waals surface area contributed by atoms with Crippen LogP contribution in [-0.4, -0.2) is 0 Å². The van der Waals surface area contributed by atoms with E-state index in [1.165, 1.54) is 87.6 Å². The van der Waals surface area contributed by atoms with Gasteiger partial charge in [0.15, 0.2) is 0 Å². The van der Waals surface area contributed by atoms with Gasteiger partial charge in [-0.15, -0.1) is 0 Å². The number of benzene rings is 10. The highest BCUT2D eigenvalue weighted by Gasteiger charge is 2.15. The minimum atomic E-state index is 0.902. The molecule has 0 spiro atoms. The molecule has 0 aliphatic carbocycles. The Balaban J connectivity index is 0.994. The van der Waals surface area contributed by atoms with Gasteiger partial charge in [0.25, 0.3) is 0 Å². The highest BCUT2D eigenvalue weighted by atomic mass is 16.3. The zero-order valence-corrected chi connectivity index (χ0v) is 30.1. The molecule has 0 aliphatic rings. The van der Waals surface area contributed by atoms with Crippen molar-refractivity contribution >= 4 is 71.1 Å². The second kappa shape index (κ2) is 12.4. The van der Waals surface area contributed by atoms with E-state index >= 15 is 0 Å². The first-order chi connectivity index (χ1) is 27.2. The number of furan rings is 1. The van der Waals surface area contributed by atoms with Crippen LogP contribution >= 0.6 is 0 Å². The summed E-state index contributed by atoms with van der Waals surface area (Å²) in [6.45, 7) is 4.10. The van der Waals surface area contributed by atoms with Crippen LogP contribution in [0.1, 0.15) is 5.56 Å². The second-order valence-electron chi connectivity index (χ2n) is 14.5. The van der Waals surface area contributed by atoms with Crippen molar-refractivity contribution < 1.29 is 4.42 Å². The highest BCUT2D eigenvalue weighted by molar-refractivity contribution is 6.19. The molecule has 0 fully saturated rings. The molecule has 0 unspecified atom stereocenters. The SMILES string of the molecule is C=Cc1ccccc1-c1cccc2cc(-c3ccc4cc(-c5ccc6oc7ccc(-c8cccc9ccccc89)cc7c6c5)ccc4c3)c3ccccc3c12. The third kappa shape index (κ3) is 5.09. The molecule has 0 aliphatic heterocycles. The molecule has 0 saturated carbocycles. The summed E-state index contributed by atoms with van der Waals surface area (Å²) in [5, 5.41) is 12.2. The fourth-order valence-corrected chi connectivity index (χ4v) is 8.74. The third-order valence-electron chi connectivity index (χ3n) is 11.4. The lowest BCUT2D eigenvalue weighted by Gasteiger charge is -2.16. The lowest BCUT2D eigenvalue weighted by Crippen LogP contribution is -1.89. The third-order valence-corrected chi connectivity index (χ3v) is 11.4. The molecule has 0 bridgehead atoms. The van der Waals surface area contributed by atoms with E-state index in [2.05, 4.69) is 195 Å². The summed E-state index contributed by atoms with van der Waals surface area (Å²) in [6, 6.07) is 68.3. The van der Waals surface area contributed by atoms with Crippen molar-refractivity contribution in [1.29, 1.82) is 0 Å². The summed E-state index contributed by atoms with van der Waals surface area (Å²) < 4.78 is 6.34. The average molecular weight is 699 g/mol. The molecule has 0 radical (unpaired) electrons. The van der Waals surface area contributed by atoms with Crippen LogP contribution in [0.5, 0.6) is 0 Å². The topological polar surface area (TPSA) is 13.1 Å². The summed E-state index contributed by atoms with van der Waals surface area (Å²) in [7, 11) is 0. The largest absolute Gasteiger partial charge is 0.456 e. The van der Waals surface area contributed by atoms with Gasteiger partial charge in [0.1, 0.15) is 11.2 Å². The average Bonchev–Trinajstić information content (AvgIpc) is 3.62. The molecule has 1 nitrogen and oxygen atoms in total. The van der Waals surface area contributed by atoms with E-state index in [-0.39, 0.29) is 0 Å². The van der Waals surface area contributed by atoms with E-state index in [4.69, 9.17) is 4.42 Å². The maximum atomic E-state index is 6.34. The Morgan fingerprint density at radius 1 is 0.327 bits per heavy atom. The molecular formula is C54H34O. The minimum absolute atomic E-state index is 0.902. The number of hydrogen-bond donors (Lipinski definition) is 0. The van der Waals surface area contributed by atoms with Crippen LogP contribution < -0.4 is 0 Å². The van der Waals surface area contributed by atoms with Crippen LogP contribution in [0, 0.1) is 0 Å². The second-order valence-corrected chi connectivity index (χ2v) is 14.5. The van der Waals surface area contributed by atoms with E-state index in [9.17, 15) is 0 Å². The van der Waals surface area contributed by atoms with Crippen molar-refractivity contribution in [3.63, 3.8) is 0 Å². The predicted molar refractivity (Wildman–Crippen MR) is 236 cm³/mol. The van der Waals surface area contributed by atoms with Gasteiger partial charge in [-0.3, -0.25) is 0 Å². The molecule has 0 amide bonds. The monoisotopic (exact) mass is 698 g/mol. The summed E-state index contributed by atoms with van der Waals surface area (Å²) >= 11 is 0. The fraction of sp³-hybridized carbons (Fsp3) is 0. The zero-order valence-electron chi connectivity index (χ0n) is 30.1. The molecule has 11 aromatic rings. The van der Waals surface area contributed by atoms with Gasteiger partial charge in [0, 0.05) is 10.8 Å². The zero-order chi connectivity index (χ0) is 36.5. The first-order valence-corrected chi connectivity index (χ1v) is 18.9. The van der Waals surface area contributed by atoms with Gasteiger partial charge >= 0.3 is 0 Å². The van der Waals surface area contributed by atoms with E-state index < -0.39 is 0 Å². The molecular weight excluding hydrogens is 665 g/mol. The van der Waals surface area contributed by atoms with Crippen LogP contribution in [0.2, 0.25) is 0 Å². The summed E-state index contributed by atoms with van der Waals surface area (Å²) in [5.41, 5.74) is 12.6. The Morgan fingerprint density at radius 3 is 1.69 bits per heavy atom. The summed E-state index contributed by atoms with van der Waals surface area (Å²) in [4.78, 5) is 0. The predicted octanol–water partition coefficient (Wildman–Crippen LogP) is 15.5. The van der Waals surface area contributed by atoms with Gasteiger partial charge in [0.05, 0.1) is 0 Å². The molecule has 1 heterocycles. The maximum absolute atomic E-state index is 6.34. The van der Waals surface area contributed by atoms with Crippen LogP contribution in [0.4, 0.5) is 0 Å². The van der Waals surface area contributed by atoms with Gasteiger partial charge in [-0.05, 0) is 136 Å². The number of rotatable bonds is 5. The maximum Gasteiger partial charge on any atom is 0.135 e. The van der Waals surface area contributed by atoms with Gasteiger partial charge in [-0.1, -0.05) is 158 Å². The fourth-order valence-electron chi connectivity index (χ4n) is 8.74. The van der Waals surface area contributed by atoms with Crippen molar-refractivity contribution in [3.8, 4) is 44.5 Å². The van der Waals surface area contributed by atoms with Gasteiger partial charge < -0.3 is 4.42 Å². The van der Waals surface area contributed by atoms with Crippen molar-refractivity contribution in [2.45, 2.75) is 0 Å². The highest BCUT2D eigenvalue weighted by Crippen LogP contribution is 2.42. The molecule has 0 N–H and O–H groups in total. The molecule has 10 aromatic carbocycles. The number of fused-ring (bicyclic) bond motifs is 8. The Bertz CT molecular complexity index is 3340. The Kier molecular flexibility index (Phi) is 7.08. The van der Waals surface area contributed by atoms with E-state index in [1.54, 1.807) is 0 Å². The minimum Gasteiger partial charge on any atom is -0.456 e. The van der Waals surface area contributed by atoms with Crippen molar-refractivity contribution in [2.24, 2.45) is 0 Å². The molecule has 0 saturated heterocycles. The Morgan fingerprint density at radius 2 is 0.873 bits per heavy atom. The molecule has 0 atom stereocenters. The van der Waals surface area contributed by atoms with Crippen LogP contribution in [-0.2, 0) is 0 Å². The quantitative estimate of drug-likeness (QED) is 0.163. The van der Waals surface area contributed by atoms with E-state index in [0.717, 1.165) is 27.5 Å². The Labute approximate surface area is 319 Å². The molecule has 1 aromatic heterocycles. The standard InChI is InChI=1S/C54H34O/c1-2-34-11-3-5-15-43(34)47-20-10-14-42-33-49(46-17-7-8-18-48(46)54(42)47)40-24-23-36-29-37(21-22-38(36)30-40)39-25-27-52-50(31-39)51-32-41(26-28-53(51)55-52)45-19-9-13-35-12-4-6-16-44(35)45/h2-33H,1H2. The molecule has 55 heavy (non-hydrogen) atoms. The van der Waals surface area contributed by atoms with Crippen molar-refractivity contribution in [2.75, 3.05) is 0 Å². The smallest absolute Gasteiger partial charge is 0.135 e. The molecule has 11 rings (SSSR count). The first kappa shape index (κ1) is 31.3. The molecule has 256 valence electrons. The summed E-state index contributed by atoms with van der Waals surface area (Å²) in [5.74, 6) is 0. The van der Waals surface area contributed by atoms with Crippen molar-refractivity contribution in [3.05, 3.63) is 200 Å².